The fourth-order valence-electron chi connectivity index (χ4n) is 1.70. The second-order valence-corrected chi connectivity index (χ2v) is 4.87. The van der Waals surface area contributed by atoms with E-state index in [4.69, 9.17) is 21.1 Å². The largest absolute Gasteiger partial charge is 0.464 e. The summed E-state index contributed by atoms with van der Waals surface area (Å²) in [5.41, 5.74) is -0.234. The van der Waals surface area contributed by atoms with Crippen molar-refractivity contribution >= 4 is 23.3 Å². The van der Waals surface area contributed by atoms with Crippen molar-refractivity contribution in [3.05, 3.63) is 29.3 Å². The molecule has 5 heteroatoms. The SMILES string of the molecule is CCOC(=O)C(C)(Nc1cccc(Cl)c1)C(C)OC. The van der Waals surface area contributed by atoms with E-state index in [1.54, 1.807) is 33.1 Å². The minimum Gasteiger partial charge on any atom is -0.464 e. The van der Waals surface area contributed by atoms with Gasteiger partial charge in [-0.15, -0.1) is 0 Å². The van der Waals surface area contributed by atoms with Crippen LogP contribution in [0.15, 0.2) is 24.3 Å². The lowest BCUT2D eigenvalue weighted by Gasteiger charge is -2.34. The maximum atomic E-state index is 12.2. The molecule has 0 bridgehead atoms. The Bertz CT molecular complexity index is 438. The molecule has 0 aliphatic carbocycles. The lowest BCUT2D eigenvalue weighted by molar-refractivity contribution is -0.152. The number of nitrogens with one attached hydrogen (secondary N) is 1. The molecule has 1 rings (SSSR count). The minimum atomic E-state index is -0.977. The maximum Gasteiger partial charge on any atom is 0.334 e. The van der Waals surface area contributed by atoms with Gasteiger partial charge in [0, 0.05) is 17.8 Å². The zero-order chi connectivity index (χ0) is 14.5. The first-order chi connectivity index (χ1) is 8.93. The Balaban J connectivity index is 3.01. The maximum absolute atomic E-state index is 12.2. The van der Waals surface area contributed by atoms with Gasteiger partial charge < -0.3 is 14.8 Å². The Labute approximate surface area is 119 Å². The van der Waals surface area contributed by atoms with Gasteiger partial charge in [0.15, 0.2) is 5.54 Å². The molecule has 0 aromatic heterocycles. The van der Waals surface area contributed by atoms with E-state index in [0.717, 1.165) is 5.69 Å². The number of benzene rings is 1. The van der Waals surface area contributed by atoms with Crippen LogP contribution in [0.4, 0.5) is 5.69 Å². The van der Waals surface area contributed by atoms with E-state index in [0.29, 0.717) is 11.6 Å². The molecule has 1 N–H and O–H groups in total. The molecule has 0 saturated heterocycles. The van der Waals surface area contributed by atoms with Crippen LogP contribution in [-0.4, -0.2) is 31.3 Å². The lowest BCUT2D eigenvalue weighted by Crippen LogP contribution is -2.53. The molecule has 19 heavy (non-hydrogen) atoms. The molecule has 1 aromatic carbocycles. The first-order valence-corrected chi connectivity index (χ1v) is 6.55. The number of anilines is 1. The quantitative estimate of drug-likeness (QED) is 0.816. The van der Waals surface area contributed by atoms with Gasteiger partial charge in [-0.05, 0) is 39.0 Å². The molecule has 4 nitrogen and oxygen atoms in total. The first kappa shape index (κ1) is 15.8. The number of carbonyl (C=O) groups excluding carboxylic acids is 1. The van der Waals surface area contributed by atoms with Gasteiger partial charge in [-0.25, -0.2) is 4.79 Å². The molecule has 0 saturated carbocycles. The highest BCUT2D eigenvalue weighted by molar-refractivity contribution is 6.30. The second kappa shape index (κ2) is 6.78. The fourth-order valence-corrected chi connectivity index (χ4v) is 1.89. The van der Waals surface area contributed by atoms with Crippen LogP contribution in [0.5, 0.6) is 0 Å². The van der Waals surface area contributed by atoms with E-state index in [1.165, 1.54) is 0 Å². The van der Waals surface area contributed by atoms with E-state index in [2.05, 4.69) is 5.32 Å². The number of hydrogen-bond donors (Lipinski definition) is 1. The summed E-state index contributed by atoms with van der Waals surface area (Å²) in [4.78, 5) is 12.2. The van der Waals surface area contributed by atoms with Crippen molar-refractivity contribution in [2.75, 3.05) is 19.0 Å². The summed E-state index contributed by atoms with van der Waals surface area (Å²) in [6.07, 6.45) is -0.356. The highest BCUT2D eigenvalue weighted by Gasteiger charge is 2.41. The summed E-state index contributed by atoms with van der Waals surface area (Å²) in [7, 11) is 1.56. The highest BCUT2D eigenvalue weighted by atomic mass is 35.5. The normalized spacial score (nSPS) is 15.4. The molecule has 0 fully saturated rings. The van der Waals surface area contributed by atoms with Crippen molar-refractivity contribution in [3.8, 4) is 0 Å². The number of ether oxygens (including phenoxy) is 2. The molecule has 0 radical (unpaired) electrons. The van der Waals surface area contributed by atoms with E-state index >= 15 is 0 Å². The van der Waals surface area contributed by atoms with Crippen LogP contribution in [0.1, 0.15) is 20.8 Å². The number of esters is 1. The van der Waals surface area contributed by atoms with Crippen molar-refractivity contribution in [1.82, 2.24) is 0 Å². The standard InChI is InChI=1S/C14H20ClNO3/c1-5-19-13(17)14(3,10(2)18-4)16-12-8-6-7-11(15)9-12/h6-10,16H,5H2,1-4H3. The number of halogens is 1. The summed E-state index contributed by atoms with van der Waals surface area (Å²) in [5.74, 6) is -0.357. The van der Waals surface area contributed by atoms with Crippen LogP contribution in [0, 0.1) is 0 Å². The minimum absolute atomic E-state index is 0.322. The van der Waals surface area contributed by atoms with Crippen molar-refractivity contribution in [1.29, 1.82) is 0 Å². The number of hydrogen-bond acceptors (Lipinski definition) is 4. The molecule has 2 unspecified atom stereocenters. The third-order valence-corrected chi connectivity index (χ3v) is 3.33. The van der Waals surface area contributed by atoms with Crippen LogP contribution in [0.3, 0.4) is 0 Å². The summed E-state index contributed by atoms with van der Waals surface area (Å²) in [6, 6.07) is 7.18. The van der Waals surface area contributed by atoms with E-state index in [9.17, 15) is 4.79 Å². The number of methoxy groups -OCH3 is 1. The van der Waals surface area contributed by atoms with Gasteiger partial charge in [0.25, 0.3) is 0 Å². The van der Waals surface area contributed by atoms with Gasteiger partial charge in [-0.3, -0.25) is 0 Å². The van der Waals surface area contributed by atoms with Crippen LogP contribution in [0.25, 0.3) is 0 Å². The van der Waals surface area contributed by atoms with Crippen LogP contribution in [-0.2, 0) is 14.3 Å². The van der Waals surface area contributed by atoms with Gasteiger partial charge >= 0.3 is 5.97 Å². The Morgan fingerprint density at radius 3 is 2.74 bits per heavy atom. The molecule has 0 heterocycles. The Kier molecular flexibility index (Phi) is 5.63. The first-order valence-electron chi connectivity index (χ1n) is 6.17. The summed E-state index contributed by atoms with van der Waals surface area (Å²) < 4.78 is 10.4. The third-order valence-electron chi connectivity index (χ3n) is 3.09. The van der Waals surface area contributed by atoms with Gasteiger partial charge in [-0.2, -0.15) is 0 Å². The monoisotopic (exact) mass is 285 g/mol. The van der Waals surface area contributed by atoms with Gasteiger partial charge in [-0.1, -0.05) is 17.7 Å². The molecule has 1 aromatic rings. The van der Waals surface area contributed by atoms with Gasteiger partial charge in [0.1, 0.15) is 0 Å². The summed E-state index contributed by atoms with van der Waals surface area (Å²) in [5, 5.41) is 3.75. The van der Waals surface area contributed by atoms with E-state index < -0.39 is 5.54 Å². The van der Waals surface area contributed by atoms with Crippen LogP contribution in [0.2, 0.25) is 5.02 Å². The molecular formula is C14H20ClNO3. The predicted octanol–water partition coefficient (Wildman–Crippen LogP) is 3.11. The highest BCUT2D eigenvalue weighted by Crippen LogP contribution is 2.24. The Hall–Kier alpha value is -1.26. The molecule has 2 atom stereocenters. The molecule has 106 valence electrons. The molecule has 0 amide bonds. The van der Waals surface area contributed by atoms with Gasteiger partial charge in [0.05, 0.1) is 12.7 Å². The average molecular weight is 286 g/mol. The topological polar surface area (TPSA) is 47.6 Å². The van der Waals surface area contributed by atoms with Crippen LogP contribution < -0.4 is 5.32 Å². The molecule has 0 aliphatic rings. The smallest absolute Gasteiger partial charge is 0.334 e. The second-order valence-electron chi connectivity index (χ2n) is 4.44. The van der Waals surface area contributed by atoms with Crippen molar-refractivity contribution in [2.24, 2.45) is 0 Å². The number of carbonyl (C=O) groups is 1. The lowest BCUT2D eigenvalue weighted by atomic mass is 9.95. The zero-order valence-electron chi connectivity index (χ0n) is 11.7. The molecular weight excluding hydrogens is 266 g/mol. The summed E-state index contributed by atoms with van der Waals surface area (Å²) >= 11 is 5.94. The fraction of sp³-hybridized carbons (Fsp3) is 0.500. The average Bonchev–Trinajstić information content (AvgIpc) is 2.37. The third kappa shape index (κ3) is 3.85. The van der Waals surface area contributed by atoms with Crippen molar-refractivity contribution in [2.45, 2.75) is 32.4 Å². The van der Waals surface area contributed by atoms with Crippen molar-refractivity contribution in [3.63, 3.8) is 0 Å². The van der Waals surface area contributed by atoms with E-state index in [-0.39, 0.29) is 12.1 Å². The Morgan fingerprint density at radius 2 is 2.21 bits per heavy atom. The Morgan fingerprint density at radius 1 is 1.53 bits per heavy atom. The van der Waals surface area contributed by atoms with Gasteiger partial charge in [0.2, 0.25) is 0 Å². The molecule has 0 spiro atoms. The van der Waals surface area contributed by atoms with Crippen LogP contribution >= 0.6 is 11.6 Å². The zero-order valence-corrected chi connectivity index (χ0v) is 12.5. The van der Waals surface area contributed by atoms with Crippen molar-refractivity contribution < 1.29 is 14.3 Å². The van der Waals surface area contributed by atoms with E-state index in [1.807, 2.05) is 19.1 Å². The number of rotatable bonds is 6. The predicted molar refractivity (Wildman–Crippen MR) is 76.6 cm³/mol. The molecule has 0 aliphatic heterocycles. The summed E-state index contributed by atoms with van der Waals surface area (Å²) in [6.45, 7) is 5.66.